The van der Waals surface area contributed by atoms with Crippen LogP contribution in [-0.2, 0) is 4.79 Å². The molecule has 3 rings (SSSR count). The number of anilines is 2. The molecule has 1 aromatic carbocycles. The maximum Gasteiger partial charge on any atom is 0.352 e. The number of nitrogen functional groups attached to an aromatic ring is 1. The second-order valence-electron chi connectivity index (χ2n) is 4.61. The number of aromatic amines is 1. The Morgan fingerprint density at radius 2 is 2.00 bits per heavy atom. The molecule has 2 aromatic rings. The lowest BCUT2D eigenvalue weighted by Crippen LogP contribution is -2.27. The second-order valence-corrected chi connectivity index (χ2v) is 4.61. The zero-order valence-corrected chi connectivity index (χ0v) is 10.8. The van der Waals surface area contributed by atoms with Gasteiger partial charge in [-0.05, 0) is 11.6 Å². The molecule has 1 aliphatic heterocycles. The van der Waals surface area contributed by atoms with Gasteiger partial charge in [-0.3, -0.25) is 9.78 Å². The number of fused-ring (bicyclic) bond motifs is 1. The first-order chi connectivity index (χ1) is 10.1. The number of aromatic nitrogens is 2. The lowest BCUT2D eigenvalue weighted by molar-refractivity contribution is -0.132. The van der Waals surface area contributed by atoms with Crippen LogP contribution in [0.3, 0.4) is 0 Å². The quantitative estimate of drug-likeness (QED) is 0.649. The van der Waals surface area contributed by atoms with Crippen molar-refractivity contribution in [2.45, 2.75) is 5.92 Å². The van der Waals surface area contributed by atoms with Crippen LogP contribution in [-0.4, -0.2) is 21.0 Å². The molecule has 0 fully saturated rings. The van der Waals surface area contributed by atoms with Crippen LogP contribution in [0.15, 0.2) is 46.9 Å². The first kappa shape index (κ1) is 12.9. The van der Waals surface area contributed by atoms with Crippen LogP contribution in [0.1, 0.15) is 17.0 Å². The summed E-state index contributed by atoms with van der Waals surface area (Å²) < 4.78 is 0. The Kier molecular flexibility index (Phi) is 2.94. The standard InChI is InChI=1S/C14H12N4O3/c15-14-17-11-10(12(19)18-14)8(6-9(16-11)13(20)21)7-4-2-1-3-5-7/h1-6,8H,(H,20,21)(H4,15,16,17,18,19). The Morgan fingerprint density at radius 1 is 1.29 bits per heavy atom. The van der Waals surface area contributed by atoms with Crippen LogP contribution in [0.25, 0.3) is 0 Å². The highest BCUT2D eigenvalue weighted by atomic mass is 16.4. The van der Waals surface area contributed by atoms with Crippen LogP contribution in [0, 0.1) is 0 Å². The number of nitrogens with one attached hydrogen (secondary N) is 2. The molecule has 1 aliphatic rings. The highest BCUT2D eigenvalue weighted by molar-refractivity contribution is 5.91. The van der Waals surface area contributed by atoms with Crippen LogP contribution in [0.2, 0.25) is 0 Å². The van der Waals surface area contributed by atoms with E-state index in [2.05, 4.69) is 15.3 Å². The molecule has 106 valence electrons. The predicted octanol–water partition coefficient (Wildman–Crippen LogP) is 0.878. The Hall–Kier alpha value is -3.09. The Morgan fingerprint density at radius 3 is 2.67 bits per heavy atom. The van der Waals surface area contributed by atoms with Gasteiger partial charge in [-0.1, -0.05) is 30.3 Å². The number of rotatable bonds is 2. The predicted molar refractivity (Wildman–Crippen MR) is 76.9 cm³/mol. The summed E-state index contributed by atoms with van der Waals surface area (Å²) in [5.41, 5.74) is 6.24. The fraction of sp³-hybridized carbons (Fsp3) is 0.0714. The largest absolute Gasteiger partial charge is 0.477 e. The molecule has 1 atom stereocenters. The summed E-state index contributed by atoms with van der Waals surface area (Å²) in [4.78, 5) is 29.8. The summed E-state index contributed by atoms with van der Waals surface area (Å²) in [6.07, 6.45) is 1.49. The maximum atomic E-state index is 12.2. The molecule has 0 saturated carbocycles. The second kappa shape index (κ2) is 4.78. The highest BCUT2D eigenvalue weighted by Gasteiger charge is 2.28. The normalized spacial score (nSPS) is 16.6. The molecule has 0 spiro atoms. The maximum absolute atomic E-state index is 12.2. The molecule has 1 unspecified atom stereocenters. The van der Waals surface area contributed by atoms with Gasteiger partial charge in [0.15, 0.2) is 0 Å². The van der Waals surface area contributed by atoms with E-state index in [0.29, 0.717) is 5.56 Å². The molecule has 0 aliphatic carbocycles. The van der Waals surface area contributed by atoms with Crippen LogP contribution in [0.5, 0.6) is 0 Å². The first-order valence-corrected chi connectivity index (χ1v) is 6.23. The van der Waals surface area contributed by atoms with Crippen LogP contribution >= 0.6 is 0 Å². The van der Waals surface area contributed by atoms with E-state index in [-0.39, 0.29) is 23.0 Å². The van der Waals surface area contributed by atoms with Crippen molar-refractivity contribution < 1.29 is 9.90 Å². The fourth-order valence-electron chi connectivity index (χ4n) is 2.35. The molecule has 0 radical (unpaired) electrons. The average molecular weight is 284 g/mol. The summed E-state index contributed by atoms with van der Waals surface area (Å²) in [6.45, 7) is 0. The van der Waals surface area contributed by atoms with Crippen molar-refractivity contribution in [3.05, 3.63) is 63.6 Å². The minimum Gasteiger partial charge on any atom is -0.477 e. The minimum atomic E-state index is -1.12. The molecule has 7 nitrogen and oxygen atoms in total. The van der Waals surface area contributed by atoms with Gasteiger partial charge in [0.1, 0.15) is 11.5 Å². The number of carboxylic acid groups (broad SMARTS) is 1. The van der Waals surface area contributed by atoms with Crippen LogP contribution in [0.4, 0.5) is 11.8 Å². The molecule has 0 amide bonds. The lowest BCUT2D eigenvalue weighted by atomic mass is 9.89. The zero-order valence-electron chi connectivity index (χ0n) is 10.8. The SMILES string of the molecule is Nc1nc2c(c(=O)[nH]1)C(c1ccccc1)C=C(C(=O)O)N2. The van der Waals surface area contributed by atoms with Crippen molar-refractivity contribution in [1.82, 2.24) is 9.97 Å². The molecule has 0 saturated heterocycles. The zero-order chi connectivity index (χ0) is 15.0. The summed E-state index contributed by atoms with van der Waals surface area (Å²) >= 11 is 0. The van der Waals surface area contributed by atoms with Gasteiger partial charge in [-0.2, -0.15) is 4.98 Å². The number of carbonyl (C=O) groups is 1. The van der Waals surface area contributed by atoms with Gasteiger partial charge in [-0.15, -0.1) is 0 Å². The van der Waals surface area contributed by atoms with E-state index in [1.54, 1.807) is 0 Å². The molecular weight excluding hydrogens is 272 g/mol. The summed E-state index contributed by atoms with van der Waals surface area (Å²) in [7, 11) is 0. The number of benzene rings is 1. The van der Waals surface area contributed by atoms with Gasteiger partial charge in [-0.25, -0.2) is 4.79 Å². The van der Waals surface area contributed by atoms with E-state index < -0.39 is 11.9 Å². The number of hydrogen-bond donors (Lipinski definition) is 4. The van der Waals surface area contributed by atoms with E-state index in [9.17, 15) is 14.7 Å². The smallest absolute Gasteiger partial charge is 0.352 e. The number of aliphatic carboxylic acids is 1. The van der Waals surface area contributed by atoms with Gasteiger partial charge in [0.25, 0.3) is 5.56 Å². The summed E-state index contributed by atoms with van der Waals surface area (Å²) in [5.74, 6) is -1.51. The van der Waals surface area contributed by atoms with Gasteiger partial charge < -0.3 is 16.2 Å². The average Bonchev–Trinajstić information content (AvgIpc) is 2.46. The Balaban J connectivity index is 2.23. The van der Waals surface area contributed by atoms with Crippen molar-refractivity contribution >= 4 is 17.7 Å². The molecule has 7 heteroatoms. The molecule has 21 heavy (non-hydrogen) atoms. The van der Waals surface area contributed by atoms with Crippen molar-refractivity contribution in [2.24, 2.45) is 0 Å². The van der Waals surface area contributed by atoms with E-state index in [0.717, 1.165) is 5.56 Å². The Labute approximate surface area is 119 Å². The molecule has 5 N–H and O–H groups in total. The highest BCUT2D eigenvalue weighted by Crippen LogP contribution is 2.33. The van der Waals surface area contributed by atoms with Gasteiger partial charge in [0.2, 0.25) is 5.95 Å². The number of H-pyrrole nitrogens is 1. The van der Waals surface area contributed by atoms with E-state index in [4.69, 9.17) is 5.73 Å². The van der Waals surface area contributed by atoms with E-state index in [1.807, 2.05) is 30.3 Å². The number of nitrogens with zero attached hydrogens (tertiary/aromatic N) is 1. The number of allylic oxidation sites excluding steroid dienone is 1. The van der Waals surface area contributed by atoms with Crippen molar-refractivity contribution in [1.29, 1.82) is 0 Å². The van der Waals surface area contributed by atoms with Gasteiger partial charge in [0, 0.05) is 5.92 Å². The molecule has 0 bridgehead atoms. The molecule has 2 heterocycles. The van der Waals surface area contributed by atoms with Crippen LogP contribution < -0.4 is 16.6 Å². The first-order valence-electron chi connectivity index (χ1n) is 6.23. The lowest BCUT2D eigenvalue weighted by Gasteiger charge is -2.23. The third kappa shape index (κ3) is 2.25. The number of carboxylic acids is 1. The van der Waals surface area contributed by atoms with Crippen molar-refractivity contribution in [3.8, 4) is 0 Å². The van der Waals surface area contributed by atoms with Gasteiger partial charge >= 0.3 is 5.97 Å². The molecular formula is C14H12N4O3. The number of nitrogens with two attached hydrogens (primary N) is 1. The third-order valence-corrected chi connectivity index (χ3v) is 3.26. The third-order valence-electron chi connectivity index (χ3n) is 3.26. The number of hydrogen-bond acceptors (Lipinski definition) is 5. The summed E-state index contributed by atoms with van der Waals surface area (Å²) in [6, 6.07) is 9.14. The monoisotopic (exact) mass is 284 g/mol. The van der Waals surface area contributed by atoms with E-state index in [1.165, 1.54) is 6.08 Å². The molecule has 1 aromatic heterocycles. The van der Waals surface area contributed by atoms with Crippen molar-refractivity contribution in [2.75, 3.05) is 11.1 Å². The minimum absolute atomic E-state index is 0.0335. The van der Waals surface area contributed by atoms with E-state index >= 15 is 0 Å². The Bertz CT molecular complexity index is 796. The summed E-state index contributed by atoms with van der Waals surface area (Å²) in [5, 5.41) is 11.8. The fourth-order valence-corrected chi connectivity index (χ4v) is 2.35. The topological polar surface area (TPSA) is 121 Å². The van der Waals surface area contributed by atoms with Crippen molar-refractivity contribution in [3.63, 3.8) is 0 Å². The van der Waals surface area contributed by atoms with Gasteiger partial charge in [0.05, 0.1) is 5.56 Å².